The lowest BCUT2D eigenvalue weighted by molar-refractivity contribution is 0.0955. The van der Waals surface area contributed by atoms with Crippen molar-refractivity contribution in [1.29, 1.82) is 0 Å². The average molecular weight is 378 g/mol. The first-order chi connectivity index (χ1) is 13.1. The number of benzene rings is 3. The first-order valence-corrected chi connectivity index (χ1v) is 8.50. The van der Waals surface area contributed by atoms with Gasteiger partial charge in [-0.2, -0.15) is 5.10 Å². The summed E-state index contributed by atoms with van der Waals surface area (Å²) in [6.07, 6.45) is 1.57. The van der Waals surface area contributed by atoms with Gasteiger partial charge in [0, 0.05) is 16.7 Å². The largest absolute Gasteiger partial charge is 0.506 e. The number of halogens is 1. The van der Waals surface area contributed by atoms with Crippen LogP contribution in [0, 0.1) is 11.8 Å². The standard InChI is InChI=1S/C21H16ClN3O2/c22-19-12-15(9-10-20(19)26)21(27)25-24-13-16-8-7-14(4-3-11-23)17-5-1-2-6-18(16)17/h1-2,5-10,12-13,26H,11,23H2,(H,25,27)/b24-13+. The predicted molar refractivity (Wildman–Crippen MR) is 108 cm³/mol. The molecule has 0 aliphatic rings. The Morgan fingerprint density at radius 3 is 2.70 bits per heavy atom. The Balaban J connectivity index is 1.84. The highest BCUT2D eigenvalue weighted by atomic mass is 35.5. The van der Waals surface area contributed by atoms with Gasteiger partial charge in [0.05, 0.1) is 17.8 Å². The lowest BCUT2D eigenvalue weighted by atomic mass is 10.0. The van der Waals surface area contributed by atoms with Crippen molar-refractivity contribution < 1.29 is 9.90 Å². The molecule has 4 N–H and O–H groups in total. The molecule has 0 saturated heterocycles. The molecule has 0 aliphatic heterocycles. The van der Waals surface area contributed by atoms with Crippen LogP contribution < -0.4 is 11.2 Å². The summed E-state index contributed by atoms with van der Waals surface area (Å²) in [5, 5.41) is 15.5. The van der Waals surface area contributed by atoms with Crippen molar-refractivity contribution in [1.82, 2.24) is 5.43 Å². The Bertz CT molecular complexity index is 1100. The van der Waals surface area contributed by atoms with Crippen molar-refractivity contribution >= 4 is 34.5 Å². The van der Waals surface area contributed by atoms with Crippen LogP contribution in [0.4, 0.5) is 0 Å². The molecule has 0 fully saturated rings. The second-order valence-electron chi connectivity index (χ2n) is 5.62. The second-order valence-corrected chi connectivity index (χ2v) is 6.03. The zero-order valence-corrected chi connectivity index (χ0v) is 15.0. The van der Waals surface area contributed by atoms with Gasteiger partial charge in [-0.15, -0.1) is 0 Å². The van der Waals surface area contributed by atoms with Crippen molar-refractivity contribution in [3.63, 3.8) is 0 Å². The van der Waals surface area contributed by atoms with E-state index >= 15 is 0 Å². The zero-order valence-electron chi connectivity index (χ0n) is 14.2. The van der Waals surface area contributed by atoms with Gasteiger partial charge in [0.1, 0.15) is 5.75 Å². The van der Waals surface area contributed by atoms with Gasteiger partial charge >= 0.3 is 0 Å². The number of rotatable bonds is 3. The number of nitrogens with two attached hydrogens (primary N) is 1. The van der Waals surface area contributed by atoms with E-state index in [4.69, 9.17) is 17.3 Å². The molecule has 0 unspecified atom stereocenters. The second kappa shape index (κ2) is 8.37. The van der Waals surface area contributed by atoms with Crippen LogP contribution >= 0.6 is 11.6 Å². The molecule has 0 aliphatic carbocycles. The van der Waals surface area contributed by atoms with Gasteiger partial charge in [-0.1, -0.05) is 53.8 Å². The van der Waals surface area contributed by atoms with E-state index in [2.05, 4.69) is 22.4 Å². The van der Waals surface area contributed by atoms with Crippen molar-refractivity contribution in [3.8, 4) is 17.6 Å². The normalized spacial score (nSPS) is 10.6. The Hall–Kier alpha value is -3.33. The molecule has 6 heteroatoms. The third-order valence-corrected chi connectivity index (χ3v) is 4.17. The molecule has 0 heterocycles. The molecule has 134 valence electrons. The van der Waals surface area contributed by atoms with E-state index in [1.165, 1.54) is 18.2 Å². The Labute approximate surface area is 161 Å². The first-order valence-electron chi connectivity index (χ1n) is 8.13. The zero-order chi connectivity index (χ0) is 19.2. The fraction of sp³-hybridized carbons (Fsp3) is 0.0476. The van der Waals surface area contributed by atoms with Crippen LogP contribution in [-0.4, -0.2) is 23.8 Å². The van der Waals surface area contributed by atoms with Crippen LogP contribution in [0.25, 0.3) is 10.8 Å². The van der Waals surface area contributed by atoms with Gasteiger partial charge in [0.2, 0.25) is 0 Å². The highest BCUT2D eigenvalue weighted by Gasteiger charge is 2.07. The molecule has 0 spiro atoms. The summed E-state index contributed by atoms with van der Waals surface area (Å²) in [7, 11) is 0. The molecule has 27 heavy (non-hydrogen) atoms. The van der Waals surface area contributed by atoms with Gasteiger partial charge in [-0.25, -0.2) is 5.43 Å². The maximum atomic E-state index is 12.1. The monoisotopic (exact) mass is 377 g/mol. The number of carbonyl (C=O) groups excluding carboxylic acids is 1. The van der Waals surface area contributed by atoms with E-state index in [1.807, 2.05) is 36.4 Å². The number of hydrazone groups is 1. The Kier molecular flexibility index (Phi) is 5.72. The Morgan fingerprint density at radius 2 is 1.96 bits per heavy atom. The minimum atomic E-state index is -0.428. The summed E-state index contributed by atoms with van der Waals surface area (Å²) in [5.41, 5.74) is 9.93. The van der Waals surface area contributed by atoms with Crippen LogP contribution in [0.5, 0.6) is 5.75 Å². The maximum absolute atomic E-state index is 12.1. The van der Waals surface area contributed by atoms with Crippen molar-refractivity contribution in [2.45, 2.75) is 0 Å². The van der Waals surface area contributed by atoms with E-state index in [0.717, 1.165) is 21.9 Å². The van der Waals surface area contributed by atoms with Gasteiger partial charge < -0.3 is 10.8 Å². The number of phenolic OH excluding ortho intramolecular Hbond substituents is 1. The van der Waals surface area contributed by atoms with Gasteiger partial charge in [0.25, 0.3) is 5.91 Å². The topological polar surface area (TPSA) is 87.7 Å². The summed E-state index contributed by atoms with van der Waals surface area (Å²) < 4.78 is 0. The number of hydrogen-bond acceptors (Lipinski definition) is 4. The highest BCUT2D eigenvalue weighted by Crippen LogP contribution is 2.24. The molecule has 0 aromatic heterocycles. The van der Waals surface area contributed by atoms with Gasteiger partial charge in [-0.05, 0) is 35.0 Å². The number of phenols is 1. The summed E-state index contributed by atoms with van der Waals surface area (Å²) in [4.78, 5) is 12.1. The lowest BCUT2D eigenvalue weighted by Gasteiger charge is -2.05. The number of nitrogens with one attached hydrogen (secondary N) is 1. The number of aromatic hydroxyl groups is 1. The molecule has 0 saturated carbocycles. The Morgan fingerprint density at radius 1 is 1.19 bits per heavy atom. The molecule has 1 amide bonds. The van der Waals surface area contributed by atoms with Crippen LogP contribution in [0.3, 0.4) is 0 Å². The predicted octanol–water partition coefficient (Wildman–Crippen LogP) is 3.27. The smallest absolute Gasteiger partial charge is 0.271 e. The molecular weight excluding hydrogens is 362 g/mol. The van der Waals surface area contributed by atoms with E-state index in [1.54, 1.807) is 6.21 Å². The van der Waals surface area contributed by atoms with Crippen LogP contribution in [0.1, 0.15) is 21.5 Å². The van der Waals surface area contributed by atoms with E-state index in [-0.39, 0.29) is 10.8 Å². The summed E-state index contributed by atoms with van der Waals surface area (Å²) >= 11 is 5.82. The number of amides is 1. The van der Waals surface area contributed by atoms with E-state index < -0.39 is 5.91 Å². The number of nitrogens with zero attached hydrogens (tertiary/aromatic N) is 1. The van der Waals surface area contributed by atoms with E-state index in [0.29, 0.717) is 12.1 Å². The molecule has 0 bridgehead atoms. The fourth-order valence-electron chi connectivity index (χ4n) is 2.56. The summed E-state index contributed by atoms with van der Waals surface area (Å²) in [6.45, 7) is 0.296. The molecule has 0 radical (unpaired) electrons. The minimum absolute atomic E-state index is 0.0824. The number of carbonyl (C=O) groups is 1. The molecule has 3 aromatic rings. The average Bonchev–Trinajstić information content (AvgIpc) is 2.69. The van der Waals surface area contributed by atoms with Crippen LogP contribution in [-0.2, 0) is 0 Å². The number of fused-ring (bicyclic) bond motifs is 1. The number of hydrogen-bond donors (Lipinski definition) is 3. The maximum Gasteiger partial charge on any atom is 0.271 e. The summed E-state index contributed by atoms with van der Waals surface area (Å²) in [5.74, 6) is 5.41. The molecule has 5 nitrogen and oxygen atoms in total. The van der Waals surface area contributed by atoms with Gasteiger partial charge in [0.15, 0.2) is 0 Å². The molecule has 3 rings (SSSR count). The highest BCUT2D eigenvalue weighted by molar-refractivity contribution is 6.32. The van der Waals surface area contributed by atoms with Crippen LogP contribution in [0.15, 0.2) is 59.7 Å². The molecular formula is C21H16ClN3O2. The third-order valence-electron chi connectivity index (χ3n) is 3.86. The summed E-state index contributed by atoms with van der Waals surface area (Å²) in [6, 6.07) is 15.8. The lowest BCUT2D eigenvalue weighted by Crippen LogP contribution is -2.17. The van der Waals surface area contributed by atoms with Crippen molar-refractivity contribution in [2.24, 2.45) is 10.8 Å². The molecule has 0 atom stereocenters. The quantitative estimate of drug-likeness (QED) is 0.372. The molecule has 3 aromatic carbocycles. The fourth-order valence-corrected chi connectivity index (χ4v) is 2.74. The first kappa shape index (κ1) is 18.5. The minimum Gasteiger partial charge on any atom is -0.506 e. The van der Waals surface area contributed by atoms with Gasteiger partial charge in [-0.3, -0.25) is 4.79 Å². The van der Waals surface area contributed by atoms with Crippen molar-refractivity contribution in [2.75, 3.05) is 6.54 Å². The third kappa shape index (κ3) is 4.26. The van der Waals surface area contributed by atoms with Crippen LogP contribution in [0.2, 0.25) is 5.02 Å². The SMILES string of the molecule is NCC#Cc1ccc(/C=N/NC(=O)c2ccc(O)c(Cl)c2)c2ccccc12. The van der Waals surface area contributed by atoms with Crippen molar-refractivity contribution in [3.05, 3.63) is 76.3 Å². The van der Waals surface area contributed by atoms with E-state index in [9.17, 15) is 9.90 Å².